The molecule has 0 amide bonds. The minimum absolute atomic E-state index is 0.0667. The van der Waals surface area contributed by atoms with E-state index in [0.29, 0.717) is 19.3 Å². The average Bonchev–Trinajstić information content (AvgIpc) is 3.13. The number of hydrogen-bond donors (Lipinski definition) is 0. The number of hydrogen-bond acceptors (Lipinski definition) is 6. The van der Waals surface area contributed by atoms with Gasteiger partial charge in [-0.1, -0.05) is 221 Å². The van der Waals surface area contributed by atoms with E-state index >= 15 is 0 Å². The zero-order valence-electron chi connectivity index (χ0n) is 37.7. The summed E-state index contributed by atoms with van der Waals surface area (Å²) in [5.74, 6) is 1.52. The van der Waals surface area contributed by atoms with Gasteiger partial charge in [0.05, 0.1) is 0 Å². The molecule has 0 aromatic heterocycles. The summed E-state index contributed by atoms with van der Waals surface area (Å²) in [5.41, 5.74) is 0. The molecule has 0 aliphatic rings. The minimum atomic E-state index is -0.762. The van der Waals surface area contributed by atoms with Crippen molar-refractivity contribution in [3.63, 3.8) is 0 Å². The maximum Gasteiger partial charge on any atom is 0.306 e. The molecule has 0 rings (SSSR count). The molecule has 0 aliphatic carbocycles. The first-order chi connectivity index (χ1) is 26.6. The van der Waals surface area contributed by atoms with Crippen molar-refractivity contribution in [3.8, 4) is 0 Å². The maximum absolute atomic E-state index is 12.7. The van der Waals surface area contributed by atoms with E-state index in [9.17, 15) is 14.4 Å². The van der Waals surface area contributed by atoms with Gasteiger partial charge in [0, 0.05) is 19.3 Å². The van der Waals surface area contributed by atoms with E-state index in [0.717, 1.165) is 75.5 Å². The molecule has 6 nitrogen and oxygen atoms in total. The molecular formula is C49H94O6. The first-order valence-electron chi connectivity index (χ1n) is 24.1. The fourth-order valence-electron chi connectivity index (χ4n) is 7.23. The van der Waals surface area contributed by atoms with E-state index in [1.165, 1.54) is 141 Å². The summed E-state index contributed by atoms with van der Waals surface area (Å²) in [4.78, 5) is 37.7. The summed E-state index contributed by atoms with van der Waals surface area (Å²) < 4.78 is 16.7. The van der Waals surface area contributed by atoms with Gasteiger partial charge in [-0.05, 0) is 37.0 Å². The molecule has 0 saturated carbocycles. The summed E-state index contributed by atoms with van der Waals surface area (Å²) in [6.07, 6.45) is 38.3. The molecule has 6 heteroatoms. The molecule has 326 valence electrons. The third-order valence-electron chi connectivity index (χ3n) is 10.9. The van der Waals surface area contributed by atoms with Crippen LogP contribution >= 0.6 is 0 Å². The molecule has 0 fully saturated rings. The fraction of sp³-hybridized carbons (Fsp3) is 0.939. The number of rotatable bonds is 42. The molecule has 0 radical (unpaired) electrons. The van der Waals surface area contributed by atoms with Gasteiger partial charge < -0.3 is 14.2 Å². The number of carbonyl (C=O) groups excluding carboxylic acids is 3. The Morgan fingerprint density at radius 1 is 0.309 bits per heavy atom. The smallest absolute Gasteiger partial charge is 0.306 e. The van der Waals surface area contributed by atoms with Crippen LogP contribution in [0.3, 0.4) is 0 Å². The zero-order chi connectivity index (χ0) is 40.6. The lowest BCUT2D eigenvalue weighted by Gasteiger charge is -2.18. The Morgan fingerprint density at radius 2 is 0.527 bits per heavy atom. The van der Waals surface area contributed by atoms with Crippen LogP contribution < -0.4 is 0 Å². The number of unbranched alkanes of at least 4 members (excludes halogenated alkanes) is 25. The van der Waals surface area contributed by atoms with Gasteiger partial charge in [0.1, 0.15) is 13.2 Å². The molecule has 0 aromatic rings. The highest BCUT2D eigenvalue weighted by Crippen LogP contribution is 2.17. The van der Waals surface area contributed by atoms with Crippen molar-refractivity contribution in [2.75, 3.05) is 13.2 Å². The Kier molecular flexibility index (Phi) is 39.4. The van der Waals surface area contributed by atoms with Gasteiger partial charge in [-0.15, -0.1) is 0 Å². The lowest BCUT2D eigenvalue weighted by Crippen LogP contribution is -2.30. The van der Waals surface area contributed by atoms with Crippen LogP contribution in [0.15, 0.2) is 0 Å². The van der Waals surface area contributed by atoms with Crippen LogP contribution in [0.2, 0.25) is 0 Å². The SMILES string of the molecule is CC(C)CCCCCCCCCCCCCCCCCC(=O)OC[C@@H](COC(=O)CCCCCCCCCC(C)C)OC(=O)CCCCCCCCC(C)C. The van der Waals surface area contributed by atoms with E-state index in [2.05, 4.69) is 41.5 Å². The molecule has 0 N–H and O–H groups in total. The van der Waals surface area contributed by atoms with Crippen LogP contribution in [-0.4, -0.2) is 37.2 Å². The zero-order valence-corrected chi connectivity index (χ0v) is 37.7. The van der Waals surface area contributed by atoms with Gasteiger partial charge in [-0.25, -0.2) is 0 Å². The third-order valence-corrected chi connectivity index (χ3v) is 10.9. The van der Waals surface area contributed by atoms with Gasteiger partial charge in [0.2, 0.25) is 0 Å². The standard InChI is InChI=1S/C49H94O6/c1-43(2)35-29-23-17-14-12-10-8-7-9-11-13-15-19-26-32-38-47(50)53-41-46(55-49(52)40-34-28-22-21-25-31-37-45(5)6)42-54-48(51)39-33-27-20-16-18-24-30-36-44(3)4/h43-46H,7-42H2,1-6H3/t46-/m0/s1. The Morgan fingerprint density at radius 3 is 0.782 bits per heavy atom. The van der Waals surface area contributed by atoms with Crippen LogP contribution in [-0.2, 0) is 28.6 Å². The van der Waals surface area contributed by atoms with Crippen molar-refractivity contribution in [3.05, 3.63) is 0 Å². The highest BCUT2D eigenvalue weighted by Gasteiger charge is 2.19. The largest absolute Gasteiger partial charge is 0.462 e. The Bertz CT molecular complexity index is 852. The highest BCUT2D eigenvalue weighted by atomic mass is 16.6. The van der Waals surface area contributed by atoms with E-state index < -0.39 is 6.10 Å². The Hall–Kier alpha value is -1.59. The lowest BCUT2D eigenvalue weighted by molar-refractivity contribution is -0.167. The molecule has 0 heterocycles. The number of ether oxygens (including phenoxy) is 3. The first kappa shape index (κ1) is 53.4. The first-order valence-corrected chi connectivity index (χ1v) is 24.1. The monoisotopic (exact) mass is 779 g/mol. The van der Waals surface area contributed by atoms with Crippen molar-refractivity contribution < 1.29 is 28.6 Å². The predicted octanol–water partition coefficient (Wildman–Crippen LogP) is 15.2. The summed E-state index contributed by atoms with van der Waals surface area (Å²) in [7, 11) is 0. The van der Waals surface area contributed by atoms with E-state index in [4.69, 9.17) is 14.2 Å². The van der Waals surface area contributed by atoms with Crippen LogP contribution in [0.4, 0.5) is 0 Å². The van der Waals surface area contributed by atoms with E-state index in [1.54, 1.807) is 0 Å². The van der Waals surface area contributed by atoms with Crippen molar-refractivity contribution in [1.29, 1.82) is 0 Å². The van der Waals surface area contributed by atoms with Crippen molar-refractivity contribution in [1.82, 2.24) is 0 Å². The molecule has 1 atom stereocenters. The van der Waals surface area contributed by atoms with Gasteiger partial charge in [0.25, 0.3) is 0 Å². The average molecular weight is 779 g/mol. The minimum Gasteiger partial charge on any atom is -0.462 e. The van der Waals surface area contributed by atoms with Crippen LogP contribution in [0.1, 0.15) is 260 Å². The van der Waals surface area contributed by atoms with Crippen molar-refractivity contribution in [2.24, 2.45) is 17.8 Å². The van der Waals surface area contributed by atoms with Gasteiger partial charge >= 0.3 is 17.9 Å². The second-order valence-electron chi connectivity index (χ2n) is 18.2. The summed E-state index contributed by atoms with van der Waals surface area (Å²) >= 11 is 0. The lowest BCUT2D eigenvalue weighted by atomic mass is 10.0. The summed E-state index contributed by atoms with van der Waals surface area (Å²) in [6, 6.07) is 0. The second-order valence-corrected chi connectivity index (χ2v) is 18.2. The topological polar surface area (TPSA) is 78.9 Å². The molecule has 0 spiro atoms. The molecule has 0 bridgehead atoms. The second kappa shape index (κ2) is 40.6. The van der Waals surface area contributed by atoms with Crippen LogP contribution in [0, 0.1) is 17.8 Å². The highest BCUT2D eigenvalue weighted by molar-refractivity contribution is 5.71. The third kappa shape index (κ3) is 43.4. The molecule has 0 aliphatic heterocycles. The summed E-state index contributed by atoms with van der Waals surface area (Å²) in [5, 5.41) is 0. The van der Waals surface area contributed by atoms with Gasteiger partial charge in [-0.3, -0.25) is 14.4 Å². The number of carbonyl (C=O) groups is 3. The van der Waals surface area contributed by atoms with E-state index in [1.807, 2.05) is 0 Å². The fourth-order valence-corrected chi connectivity index (χ4v) is 7.23. The Balaban J connectivity index is 4.22. The molecule has 0 saturated heterocycles. The number of esters is 3. The normalized spacial score (nSPS) is 12.2. The van der Waals surface area contributed by atoms with E-state index in [-0.39, 0.29) is 31.1 Å². The molecule has 55 heavy (non-hydrogen) atoms. The van der Waals surface area contributed by atoms with Crippen LogP contribution in [0.5, 0.6) is 0 Å². The molecule has 0 aromatic carbocycles. The molecular weight excluding hydrogens is 685 g/mol. The van der Waals surface area contributed by atoms with Crippen LogP contribution in [0.25, 0.3) is 0 Å². The quantitative estimate of drug-likeness (QED) is 0.0349. The van der Waals surface area contributed by atoms with Gasteiger partial charge in [-0.2, -0.15) is 0 Å². The molecule has 0 unspecified atom stereocenters. The van der Waals surface area contributed by atoms with Crippen molar-refractivity contribution >= 4 is 17.9 Å². The van der Waals surface area contributed by atoms with Crippen molar-refractivity contribution in [2.45, 2.75) is 266 Å². The van der Waals surface area contributed by atoms with Gasteiger partial charge in [0.15, 0.2) is 6.10 Å². The maximum atomic E-state index is 12.7. The summed E-state index contributed by atoms with van der Waals surface area (Å²) in [6.45, 7) is 13.6. The Labute approximate surface area is 342 Å². The predicted molar refractivity (Wildman–Crippen MR) is 233 cm³/mol.